The second kappa shape index (κ2) is 12.8. The highest BCUT2D eigenvalue weighted by Gasteiger charge is 2.32. The molecule has 4 heterocycles. The number of aliphatic hydroxyl groups is 2. The molecule has 1 saturated heterocycles. The Balaban J connectivity index is 0.00000370. The van der Waals surface area contributed by atoms with Crippen LogP contribution in [0, 0.1) is 18.6 Å². The Kier molecular flexibility index (Phi) is 9.44. The van der Waals surface area contributed by atoms with Crippen molar-refractivity contribution in [3.8, 4) is 5.82 Å². The van der Waals surface area contributed by atoms with Gasteiger partial charge in [-0.1, -0.05) is 6.08 Å². The van der Waals surface area contributed by atoms with Gasteiger partial charge in [-0.25, -0.2) is 13.5 Å². The first-order valence-corrected chi connectivity index (χ1v) is 13.2. The van der Waals surface area contributed by atoms with Crippen molar-refractivity contribution in [3.05, 3.63) is 65.1 Å². The Labute approximate surface area is 238 Å². The minimum absolute atomic E-state index is 0. The summed E-state index contributed by atoms with van der Waals surface area (Å²) >= 11 is 0. The van der Waals surface area contributed by atoms with Gasteiger partial charge >= 0.3 is 0 Å². The van der Waals surface area contributed by atoms with Gasteiger partial charge in [0.15, 0.2) is 5.82 Å². The summed E-state index contributed by atoms with van der Waals surface area (Å²) in [6.45, 7) is 4.68. The molecule has 2 aliphatic heterocycles. The van der Waals surface area contributed by atoms with E-state index in [-0.39, 0.29) is 37.6 Å². The minimum Gasteiger partial charge on any atom is -0.395 e. The molecule has 0 amide bonds. The lowest BCUT2D eigenvalue weighted by atomic mass is 9.93. The van der Waals surface area contributed by atoms with E-state index in [2.05, 4.69) is 37.1 Å². The van der Waals surface area contributed by atoms with E-state index in [9.17, 15) is 19.0 Å². The highest BCUT2D eigenvalue weighted by molar-refractivity contribution is 5.85. The molecule has 1 unspecified atom stereocenters. The maximum atomic E-state index is 14.2. The minimum atomic E-state index is -0.529. The van der Waals surface area contributed by atoms with Gasteiger partial charge in [0.25, 0.3) is 0 Å². The number of halogens is 3. The number of nitrogens with two attached hydrogens (primary N) is 1. The van der Waals surface area contributed by atoms with Gasteiger partial charge in [-0.3, -0.25) is 0 Å². The Morgan fingerprint density at radius 1 is 1.12 bits per heavy atom. The van der Waals surface area contributed by atoms with Crippen LogP contribution in [0.2, 0.25) is 0 Å². The lowest BCUT2D eigenvalue weighted by molar-refractivity contribution is 0.280. The third kappa shape index (κ3) is 6.13. The topological polar surface area (TPSA) is 120 Å². The summed E-state index contributed by atoms with van der Waals surface area (Å²) in [5, 5.41) is 23.2. The standard InChI is InChI=1S/C27H34F2N8O2.ClH/c1-18-19(16-31-37(18)26-15-25(32-27(30)33-26)35(9-11-38)10-12-39)3-2-6-34-7-8-36-21(17-34)4-5-22-23(29)13-20(28)14-24(22)36;/h2,6,13-16,21,38-39H,3-5,7-12,17H2,1H3,(H2,30,32,33);1H. The van der Waals surface area contributed by atoms with E-state index in [1.54, 1.807) is 21.8 Å². The number of aromatic nitrogens is 4. The molecule has 40 heavy (non-hydrogen) atoms. The molecule has 5 rings (SSSR count). The molecule has 0 spiro atoms. The summed E-state index contributed by atoms with van der Waals surface area (Å²) in [6.07, 6.45) is 8.12. The third-order valence-corrected chi connectivity index (χ3v) is 7.45. The zero-order chi connectivity index (χ0) is 27.5. The summed E-state index contributed by atoms with van der Waals surface area (Å²) in [5.74, 6) is 0.114. The Hall–Kier alpha value is -3.48. The predicted molar refractivity (Wildman–Crippen MR) is 152 cm³/mol. The Bertz CT molecular complexity index is 1350. The number of allylic oxidation sites excluding steroid dienone is 1. The number of anilines is 3. The van der Waals surface area contributed by atoms with Crippen LogP contribution < -0.4 is 15.5 Å². The van der Waals surface area contributed by atoms with Gasteiger partial charge in [0, 0.05) is 67.8 Å². The predicted octanol–water partition coefficient (Wildman–Crippen LogP) is 2.24. The van der Waals surface area contributed by atoms with E-state index < -0.39 is 11.6 Å². The van der Waals surface area contributed by atoms with E-state index in [1.165, 1.54) is 6.07 Å². The van der Waals surface area contributed by atoms with Crippen molar-refractivity contribution in [2.45, 2.75) is 32.2 Å². The van der Waals surface area contributed by atoms with Crippen molar-refractivity contribution in [1.82, 2.24) is 24.6 Å². The Morgan fingerprint density at radius 3 is 2.65 bits per heavy atom. The monoisotopic (exact) mass is 576 g/mol. The van der Waals surface area contributed by atoms with Crippen molar-refractivity contribution < 1.29 is 19.0 Å². The second-order valence-corrected chi connectivity index (χ2v) is 9.90. The number of nitrogen functional groups attached to an aromatic ring is 1. The number of benzene rings is 1. The first-order chi connectivity index (χ1) is 18.9. The van der Waals surface area contributed by atoms with Crippen LogP contribution in [0.1, 0.15) is 23.2 Å². The van der Waals surface area contributed by atoms with E-state index in [0.29, 0.717) is 55.4 Å². The van der Waals surface area contributed by atoms with Gasteiger partial charge in [-0.05, 0) is 44.0 Å². The molecule has 0 aliphatic carbocycles. The second-order valence-electron chi connectivity index (χ2n) is 9.90. The van der Waals surface area contributed by atoms with Crippen molar-refractivity contribution in [3.63, 3.8) is 0 Å². The van der Waals surface area contributed by atoms with Crippen molar-refractivity contribution in [2.75, 3.05) is 61.5 Å². The Morgan fingerprint density at radius 2 is 1.90 bits per heavy atom. The summed E-state index contributed by atoms with van der Waals surface area (Å²) in [5.41, 5.74) is 9.22. The van der Waals surface area contributed by atoms with Gasteiger partial charge in [0.05, 0.1) is 19.4 Å². The zero-order valence-corrected chi connectivity index (χ0v) is 23.2. The van der Waals surface area contributed by atoms with Crippen molar-refractivity contribution in [2.24, 2.45) is 0 Å². The van der Waals surface area contributed by atoms with E-state index in [0.717, 1.165) is 36.8 Å². The summed E-state index contributed by atoms with van der Waals surface area (Å²) in [4.78, 5) is 14.7. The number of fused-ring (bicyclic) bond motifs is 3. The first kappa shape index (κ1) is 29.5. The highest BCUT2D eigenvalue weighted by atomic mass is 35.5. The van der Waals surface area contributed by atoms with Crippen LogP contribution in [-0.2, 0) is 12.8 Å². The lowest BCUT2D eigenvalue weighted by Crippen LogP contribution is -2.53. The number of rotatable bonds is 9. The molecule has 2 aliphatic rings. The largest absolute Gasteiger partial charge is 0.395 e. The third-order valence-electron chi connectivity index (χ3n) is 7.45. The summed E-state index contributed by atoms with van der Waals surface area (Å²) < 4.78 is 29.8. The quantitative estimate of drug-likeness (QED) is 0.352. The van der Waals surface area contributed by atoms with E-state index >= 15 is 0 Å². The van der Waals surface area contributed by atoms with Crippen LogP contribution in [0.3, 0.4) is 0 Å². The molecule has 4 N–H and O–H groups in total. The smallest absolute Gasteiger partial charge is 0.224 e. The molecule has 1 fully saturated rings. The number of hydrogen-bond acceptors (Lipinski definition) is 9. The van der Waals surface area contributed by atoms with Crippen LogP contribution in [0.15, 0.2) is 36.7 Å². The lowest BCUT2D eigenvalue weighted by Gasteiger charge is -2.46. The van der Waals surface area contributed by atoms with Gasteiger partial charge in [0.2, 0.25) is 5.95 Å². The molecule has 1 atom stereocenters. The van der Waals surface area contributed by atoms with Crippen LogP contribution in [-0.4, -0.2) is 86.8 Å². The summed E-state index contributed by atoms with van der Waals surface area (Å²) in [6, 6.07) is 4.39. The molecule has 0 saturated carbocycles. The van der Waals surface area contributed by atoms with E-state index in [4.69, 9.17) is 5.73 Å². The fraction of sp³-hybridized carbons (Fsp3) is 0.444. The van der Waals surface area contributed by atoms with Crippen LogP contribution in [0.25, 0.3) is 5.82 Å². The fourth-order valence-corrected chi connectivity index (χ4v) is 5.48. The number of piperazine rings is 1. The fourth-order valence-electron chi connectivity index (χ4n) is 5.48. The van der Waals surface area contributed by atoms with E-state index in [1.807, 2.05) is 6.92 Å². The molecule has 216 valence electrons. The molecular weight excluding hydrogens is 542 g/mol. The maximum absolute atomic E-state index is 14.2. The molecule has 10 nitrogen and oxygen atoms in total. The normalized spacial score (nSPS) is 16.6. The van der Waals surface area contributed by atoms with Gasteiger partial charge < -0.3 is 30.6 Å². The number of hydrogen-bond donors (Lipinski definition) is 3. The van der Waals surface area contributed by atoms with Crippen LogP contribution in [0.5, 0.6) is 0 Å². The zero-order valence-electron chi connectivity index (χ0n) is 22.4. The highest BCUT2D eigenvalue weighted by Crippen LogP contribution is 2.35. The molecule has 3 aromatic rings. The average Bonchev–Trinajstić information content (AvgIpc) is 3.28. The molecule has 13 heteroatoms. The average molecular weight is 577 g/mol. The van der Waals surface area contributed by atoms with Crippen LogP contribution in [0.4, 0.5) is 26.2 Å². The van der Waals surface area contributed by atoms with Crippen LogP contribution >= 0.6 is 12.4 Å². The van der Waals surface area contributed by atoms with Crippen molar-refractivity contribution >= 4 is 29.9 Å². The number of nitrogens with zero attached hydrogens (tertiary/aromatic N) is 7. The molecule has 1 aromatic carbocycles. The molecule has 0 bridgehead atoms. The molecule has 2 aromatic heterocycles. The van der Waals surface area contributed by atoms with Gasteiger partial charge in [-0.15, -0.1) is 12.4 Å². The maximum Gasteiger partial charge on any atom is 0.224 e. The first-order valence-electron chi connectivity index (χ1n) is 13.2. The summed E-state index contributed by atoms with van der Waals surface area (Å²) in [7, 11) is 0. The molecular formula is C27H35ClF2N8O2. The number of aliphatic hydroxyl groups excluding tert-OH is 2. The van der Waals surface area contributed by atoms with Gasteiger partial charge in [-0.2, -0.15) is 15.1 Å². The van der Waals surface area contributed by atoms with Crippen molar-refractivity contribution in [1.29, 1.82) is 0 Å². The molecule has 0 radical (unpaired) electrons. The SMILES string of the molecule is Cc1c(CC=CN2CCN3c4cc(F)cc(F)c4CCC3C2)cnn1-c1cc(N(CCO)CCO)nc(N)n1.Cl. The van der Waals surface area contributed by atoms with Gasteiger partial charge in [0.1, 0.15) is 17.5 Å².